The van der Waals surface area contributed by atoms with Crippen LogP contribution >= 0.6 is 0 Å². The van der Waals surface area contributed by atoms with Gasteiger partial charge in [0, 0.05) is 25.4 Å². The first-order valence-electron chi connectivity index (χ1n) is 6.49. The third kappa shape index (κ3) is 2.59. The predicted octanol–water partition coefficient (Wildman–Crippen LogP) is 2.75. The molecule has 0 radical (unpaired) electrons. The van der Waals surface area contributed by atoms with Crippen molar-refractivity contribution in [2.45, 2.75) is 46.0 Å². The first-order chi connectivity index (χ1) is 8.00. The van der Waals surface area contributed by atoms with Gasteiger partial charge in [0.2, 0.25) is 0 Å². The van der Waals surface area contributed by atoms with Gasteiger partial charge in [-0.25, -0.2) is 4.98 Å². The molecule has 94 valence electrons. The van der Waals surface area contributed by atoms with Crippen molar-refractivity contribution < 1.29 is 4.79 Å². The summed E-state index contributed by atoms with van der Waals surface area (Å²) in [4.78, 5) is 16.6. The second-order valence-electron chi connectivity index (χ2n) is 5.88. The molecule has 1 saturated carbocycles. The summed E-state index contributed by atoms with van der Waals surface area (Å²) in [7, 11) is 1.95. The molecular weight excluding hydrogens is 212 g/mol. The number of ketones is 1. The van der Waals surface area contributed by atoms with Crippen LogP contribution < -0.4 is 0 Å². The van der Waals surface area contributed by atoms with Crippen LogP contribution in [0.1, 0.15) is 45.4 Å². The Morgan fingerprint density at radius 2 is 2.29 bits per heavy atom. The van der Waals surface area contributed by atoms with Crippen molar-refractivity contribution in [1.82, 2.24) is 9.55 Å². The van der Waals surface area contributed by atoms with Gasteiger partial charge in [-0.3, -0.25) is 4.79 Å². The zero-order valence-electron chi connectivity index (χ0n) is 11.1. The third-order valence-corrected chi connectivity index (χ3v) is 4.15. The molecule has 1 heterocycles. The highest BCUT2D eigenvalue weighted by Gasteiger charge is 2.36. The molecule has 17 heavy (non-hydrogen) atoms. The summed E-state index contributed by atoms with van der Waals surface area (Å²) >= 11 is 0. The average molecular weight is 234 g/mol. The van der Waals surface area contributed by atoms with Crippen LogP contribution in [0, 0.1) is 11.3 Å². The van der Waals surface area contributed by atoms with E-state index in [2.05, 4.69) is 18.8 Å². The Labute approximate surface area is 103 Å². The predicted molar refractivity (Wildman–Crippen MR) is 67.7 cm³/mol. The van der Waals surface area contributed by atoms with Gasteiger partial charge in [-0.15, -0.1) is 0 Å². The Hall–Kier alpha value is -1.12. The lowest BCUT2D eigenvalue weighted by Crippen LogP contribution is -2.35. The molecule has 1 unspecified atom stereocenters. The maximum atomic E-state index is 12.4. The summed E-state index contributed by atoms with van der Waals surface area (Å²) in [6, 6.07) is 0. The van der Waals surface area contributed by atoms with E-state index in [4.69, 9.17) is 0 Å². The van der Waals surface area contributed by atoms with Crippen LogP contribution in [-0.2, 0) is 18.3 Å². The number of nitrogens with zero attached hydrogens (tertiary/aromatic N) is 2. The van der Waals surface area contributed by atoms with E-state index in [0.717, 1.165) is 12.2 Å². The highest BCUT2D eigenvalue weighted by Crippen LogP contribution is 2.41. The molecule has 1 aromatic rings. The van der Waals surface area contributed by atoms with Gasteiger partial charge in [-0.1, -0.05) is 26.7 Å². The first-order valence-corrected chi connectivity index (χ1v) is 6.49. The van der Waals surface area contributed by atoms with Gasteiger partial charge in [0.15, 0.2) is 0 Å². The molecule has 0 aliphatic heterocycles. The number of imidazole rings is 1. The minimum absolute atomic E-state index is 0.167. The fraction of sp³-hybridized carbons (Fsp3) is 0.714. The lowest BCUT2D eigenvalue weighted by atomic mass is 9.67. The third-order valence-electron chi connectivity index (χ3n) is 4.15. The number of aromatic nitrogens is 2. The molecule has 1 aliphatic rings. The van der Waals surface area contributed by atoms with Gasteiger partial charge in [0.1, 0.15) is 11.6 Å². The lowest BCUT2D eigenvalue weighted by molar-refractivity contribution is -0.127. The van der Waals surface area contributed by atoms with Gasteiger partial charge in [-0.2, -0.15) is 0 Å². The molecule has 0 amide bonds. The summed E-state index contributed by atoms with van der Waals surface area (Å²) in [6.07, 6.45) is 8.82. The number of Topliss-reactive ketones (excluding diaryl/α,β-unsaturated/α-hetero) is 1. The fourth-order valence-corrected chi connectivity index (χ4v) is 2.94. The largest absolute Gasteiger partial charge is 0.338 e. The summed E-state index contributed by atoms with van der Waals surface area (Å²) in [5.41, 5.74) is 0.167. The van der Waals surface area contributed by atoms with E-state index in [9.17, 15) is 4.79 Å². The van der Waals surface area contributed by atoms with Gasteiger partial charge >= 0.3 is 0 Å². The second kappa shape index (κ2) is 4.63. The Morgan fingerprint density at radius 3 is 2.88 bits per heavy atom. The summed E-state index contributed by atoms with van der Waals surface area (Å²) in [5.74, 6) is 1.47. The first kappa shape index (κ1) is 12.3. The van der Waals surface area contributed by atoms with E-state index in [1.807, 2.05) is 17.8 Å². The molecule has 0 N–H and O–H groups in total. The van der Waals surface area contributed by atoms with Crippen LogP contribution in [-0.4, -0.2) is 15.3 Å². The van der Waals surface area contributed by atoms with Crippen LogP contribution in [0.15, 0.2) is 12.4 Å². The van der Waals surface area contributed by atoms with Crippen molar-refractivity contribution in [3.05, 3.63) is 18.2 Å². The highest BCUT2D eigenvalue weighted by molar-refractivity contribution is 5.83. The summed E-state index contributed by atoms with van der Waals surface area (Å²) in [5, 5.41) is 0. The monoisotopic (exact) mass is 234 g/mol. The number of carbonyl (C=O) groups is 1. The number of hydrogen-bond acceptors (Lipinski definition) is 2. The highest BCUT2D eigenvalue weighted by atomic mass is 16.1. The van der Waals surface area contributed by atoms with Gasteiger partial charge in [-0.05, 0) is 18.3 Å². The smallest absolute Gasteiger partial charge is 0.144 e. The van der Waals surface area contributed by atoms with Gasteiger partial charge in [0.25, 0.3) is 0 Å². The van der Waals surface area contributed by atoms with Crippen molar-refractivity contribution >= 4 is 5.78 Å². The molecular formula is C14H22N2O. The quantitative estimate of drug-likeness (QED) is 0.806. The lowest BCUT2D eigenvalue weighted by Gasteiger charge is -2.37. The van der Waals surface area contributed by atoms with Crippen molar-refractivity contribution in [3.8, 4) is 0 Å². The second-order valence-corrected chi connectivity index (χ2v) is 5.88. The van der Waals surface area contributed by atoms with E-state index in [1.165, 1.54) is 19.3 Å². The molecule has 0 spiro atoms. The summed E-state index contributed by atoms with van der Waals surface area (Å²) < 4.78 is 1.94. The molecule has 0 aromatic carbocycles. The average Bonchev–Trinajstić information content (AvgIpc) is 2.63. The molecule has 3 heteroatoms. The zero-order chi connectivity index (χ0) is 12.5. The SMILES string of the molecule is Cn1ccnc1CC(=O)C1CCCCC1(C)C. The molecule has 1 fully saturated rings. The molecule has 0 saturated heterocycles. The molecule has 1 atom stereocenters. The molecule has 0 bridgehead atoms. The van der Waals surface area contributed by atoms with Crippen molar-refractivity contribution in [2.75, 3.05) is 0 Å². The molecule has 1 aromatic heterocycles. The Morgan fingerprint density at radius 1 is 1.53 bits per heavy atom. The van der Waals surface area contributed by atoms with Crippen molar-refractivity contribution in [1.29, 1.82) is 0 Å². The minimum Gasteiger partial charge on any atom is -0.338 e. The van der Waals surface area contributed by atoms with Crippen LogP contribution in [0.5, 0.6) is 0 Å². The molecule has 1 aliphatic carbocycles. The molecule has 2 rings (SSSR count). The Bertz CT molecular complexity index is 406. The minimum atomic E-state index is 0.167. The van der Waals surface area contributed by atoms with E-state index in [0.29, 0.717) is 12.2 Å². The maximum Gasteiger partial charge on any atom is 0.144 e. The van der Waals surface area contributed by atoms with E-state index < -0.39 is 0 Å². The molecule has 3 nitrogen and oxygen atoms in total. The summed E-state index contributed by atoms with van der Waals surface area (Å²) in [6.45, 7) is 4.46. The Balaban J connectivity index is 2.07. The topological polar surface area (TPSA) is 34.9 Å². The number of rotatable bonds is 3. The number of carbonyl (C=O) groups excluding carboxylic acids is 1. The van der Waals surface area contributed by atoms with Gasteiger partial charge < -0.3 is 4.57 Å². The van der Waals surface area contributed by atoms with Gasteiger partial charge in [0.05, 0.1) is 6.42 Å². The van der Waals surface area contributed by atoms with Crippen molar-refractivity contribution in [2.24, 2.45) is 18.4 Å². The zero-order valence-corrected chi connectivity index (χ0v) is 11.1. The number of hydrogen-bond donors (Lipinski definition) is 0. The van der Waals surface area contributed by atoms with Crippen LogP contribution in [0.3, 0.4) is 0 Å². The van der Waals surface area contributed by atoms with E-state index in [-0.39, 0.29) is 11.3 Å². The van der Waals surface area contributed by atoms with E-state index >= 15 is 0 Å². The van der Waals surface area contributed by atoms with Crippen LogP contribution in [0.25, 0.3) is 0 Å². The standard InChI is InChI=1S/C14H22N2O/c1-14(2)7-5-4-6-11(14)12(17)10-13-15-8-9-16(13)3/h8-9,11H,4-7,10H2,1-3H3. The fourth-order valence-electron chi connectivity index (χ4n) is 2.94. The van der Waals surface area contributed by atoms with E-state index in [1.54, 1.807) is 6.20 Å². The number of aryl methyl sites for hydroxylation is 1. The normalized spacial score (nSPS) is 23.6. The van der Waals surface area contributed by atoms with Crippen LogP contribution in [0.2, 0.25) is 0 Å². The maximum absolute atomic E-state index is 12.4. The van der Waals surface area contributed by atoms with Crippen LogP contribution in [0.4, 0.5) is 0 Å². The van der Waals surface area contributed by atoms with Crippen molar-refractivity contribution in [3.63, 3.8) is 0 Å². The Kier molecular flexibility index (Phi) is 3.36.